The van der Waals surface area contributed by atoms with E-state index < -0.39 is 29.3 Å². The lowest BCUT2D eigenvalue weighted by Crippen LogP contribution is -2.30. The smallest absolute Gasteiger partial charge is 0.259 e. The first-order valence-electron chi connectivity index (χ1n) is 8.25. The summed E-state index contributed by atoms with van der Waals surface area (Å²) in [5.74, 6) is -2.55. The first kappa shape index (κ1) is 17.4. The van der Waals surface area contributed by atoms with Crippen molar-refractivity contribution in [3.63, 3.8) is 0 Å². The molecule has 2 aromatic rings. The molecule has 1 fully saturated rings. The highest BCUT2D eigenvalue weighted by Gasteiger charge is 2.23. The fraction of sp³-hybridized carbons (Fsp3) is 0.316. The SMILES string of the molecule is O=C(NC(O)c1ccccc1OC1CCCC1)c1c(F)cccc1F. The fourth-order valence-electron chi connectivity index (χ4n) is 2.99. The molecule has 1 amide bonds. The van der Waals surface area contributed by atoms with Crippen molar-refractivity contribution in [1.82, 2.24) is 5.32 Å². The van der Waals surface area contributed by atoms with Crippen LogP contribution in [0.5, 0.6) is 5.75 Å². The van der Waals surface area contributed by atoms with Crippen LogP contribution in [0.2, 0.25) is 0 Å². The minimum atomic E-state index is -1.44. The third-order valence-electron chi connectivity index (χ3n) is 4.27. The van der Waals surface area contributed by atoms with Gasteiger partial charge in [0.2, 0.25) is 0 Å². The molecule has 2 aromatic carbocycles. The van der Waals surface area contributed by atoms with Crippen molar-refractivity contribution in [2.75, 3.05) is 0 Å². The molecular weight excluding hydrogens is 328 g/mol. The van der Waals surface area contributed by atoms with E-state index in [2.05, 4.69) is 5.32 Å². The van der Waals surface area contributed by atoms with Crippen LogP contribution in [0.25, 0.3) is 0 Å². The van der Waals surface area contributed by atoms with Gasteiger partial charge in [-0.2, -0.15) is 0 Å². The lowest BCUT2D eigenvalue weighted by molar-refractivity contribution is 0.0763. The largest absolute Gasteiger partial charge is 0.490 e. The summed E-state index contributed by atoms with van der Waals surface area (Å²) >= 11 is 0. The van der Waals surface area contributed by atoms with Crippen LogP contribution in [0.1, 0.15) is 47.8 Å². The summed E-state index contributed by atoms with van der Waals surface area (Å²) in [5, 5.41) is 12.5. The number of aliphatic hydroxyl groups excluding tert-OH is 1. The summed E-state index contributed by atoms with van der Waals surface area (Å²) in [4.78, 5) is 12.1. The van der Waals surface area contributed by atoms with Crippen molar-refractivity contribution < 1.29 is 23.4 Å². The second kappa shape index (κ2) is 7.61. The Balaban J connectivity index is 1.77. The Kier molecular flexibility index (Phi) is 5.28. The summed E-state index contributed by atoms with van der Waals surface area (Å²) in [6, 6.07) is 9.90. The van der Waals surface area contributed by atoms with Crippen LogP contribution < -0.4 is 10.1 Å². The van der Waals surface area contributed by atoms with Gasteiger partial charge in [0.25, 0.3) is 5.91 Å². The molecular formula is C19H19F2NO3. The summed E-state index contributed by atoms with van der Waals surface area (Å²) in [6.45, 7) is 0. The van der Waals surface area contributed by atoms with Gasteiger partial charge in [-0.15, -0.1) is 0 Å². The van der Waals surface area contributed by atoms with Crippen molar-refractivity contribution in [1.29, 1.82) is 0 Å². The number of rotatable bonds is 5. The van der Waals surface area contributed by atoms with Crippen LogP contribution in [0, 0.1) is 11.6 Å². The second-order valence-electron chi connectivity index (χ2n) is 6.03. The molecule has 0 radical (unpaired) electrons. The fourth-order valence-corrected chi connectivity index (χ4v) is 2.99. The van der Waals surface area contributed by atoms with Crippen LogP contribution in [0.3, 0.4) is 0 Å². The molecule has 4 nitrogen and oxygen atoms in total. The molecule has 3 rings (SSSR count). The van der Waals surface area contributed by atoms with Gasteiger partial charge in [0.15, 0.2) is 6.23 Å². The maximum atomic E-state index is 13.7. The number of benzene rings is 2. The van der Waals surface area contributed by atoms with Gasteiger partial charge in [-0.1, -0.05) is 24.3 Å². The Morgan fingerprint density at radius 2 is 1.72 bits per heavy atom. The molecule has 0 spiro atoms. The van der Waals surface area contributed by atoms with Gasteiger partial charge in [-0.05, 0) is 43.9 Å². The number of hydrogen-bond donors (Lipinski definition) is 2. The molecule has 1 aliphatic rings. The highest BCUT2D eigenvalue weighted by molar-refractivity contribution is 5.94. The molecule has 6 heteroatoms. The van der Waals surface area contributed by atoms with Gasteiger partial charge in [0.05, 0.1) is 6.10 Å². The highest BCUT2D eigenvalue weighted by atomic mass is 19.1. The van der Waals surface area contributed by atoms with Crippen LogP contribution in [-0.4, -0.2) is 17.1 Å². The van der Waals surface area contributed by atoms with Crippen LogP contribution in [0.15, 0.2) is 42.5 Å². The van der Waals surface area contributed by atoms with Crippen LogP contribution in [0.4, 0.5) is 8.78 Å². The lowest BCUT2D eigenvalue weighted by atomic mass is 10.1. The van der Waals surface area contributed by atoms with Gasteiger partial charge in [-0.25, -0.2) is 8.78 Å². The Morgan fingerprint density at radius 3 is 2.40 bits per heavy atom. The van der Waals surface area contributed by atoms with Gasteiger partial charge in [0, 0.05) is 5.56 Å². The molecule has 0 saturated heterocycles. The van der Waals surface area contributed by atoms with Gasteiger partial charge >= 0.3 is 0 Å². The van der Waals surface area contributed by atoms with Crippen molar-refractivity contribution in [2.24, 2.45) is 0 Å². The second-order valence-corrected chi connectivity index (χ2v) is 6.03. The third kappa shape index (κ3) is 3.96. The van der Waals surface area contributed by atoms with E-state index in [1.54, 1.807) is 24.3 Å². The summed E-state index contributed by atoms with van der Waals surface area (Å²) in [5.41, 5.74) is -0.379. The Hall–Kier alpha value is -2.47. The zero-order valence-electron chi connectivity index (χ0n) is 13.5. The number of aliphatic hydroxyl groups is 1. The lowest BCUT2D eigenvalue weighted by Gasteiger charge is -2.20. The van der Waals surface area contributed by atoms with Crippen LogP contribution >= 0.6 is 0 Å². The summed E-state index contributed by atoms with van der Waals surface area (Å²) in [7, 11) is 0. The molecule has 0 bridgehead atoms. The number of carbonyl (C=O) groups excluding carboxylic acids is 1. The van der Waals surface area contributed by atoms with Crippen LogP contribution in [-0.2, 0) is 0 Å². The molecule has 0 aliphatic heterocycles. The first-order valence-corrected chi connectivity index (χ1v) is 8.25. The van der Waals surface area contributed by atoms with E-state index in [0.717, 1.165) is 37.8 Å². The van der Waals surface area contributed by atoms with E-state index >= 15 is 0 Å². The minimum absolute atomic E-state index is 0.0769. The van der Waals surface area contributed by atoms with Crippen molar-refractivity contribution >= 4 is 5.91 Å². The predicted octanol–water partition coefficient (Wildman–Crippen LogP) is 3.71. The Labute approximate surface area is 144 Å². The summed E-state index contributed by atoms with van der Waals surface area (Å²) < 4.78 is 33.3. The number of carbonyl (C=O) groups is 1. The average Bonchev–Trinajstić information content (AvgIpc) is 3.08. The van der Waals surface area contributed by atoms with Gasteiger partial charge in [0.1, 0.15) is 22.9 Å². The van der Waals surface area contributed by atoms with Crippen molar-refractivity contribution in [3.05, 3.63) is 65.2 Å². The number of nitrogens with one attached hydrogen (secondary N) is 1. The number of para-hydroxylation sites is 1. The number of ether oxygens (including phenoxy) is 1. The monoisotopic (exact) mass is 347 g/mol. The predicted molar refractivity (Wildman–Crippen MR) is 88.1 cm³/mol. The molecule has 0 aromatic heterocycles. The standard InChI is InChI=1S/C19H19F2NO3/c20-14-9-5-10-15(21)17(14)19(24)22-18(23)13-8-3-4-11-16(13)25-12-6-1-2-7-12/h3-5,8-12,18,23H,1-2,6-7H2,(H,22,24). The van der Waals surface area contributed by atoms with E-state index in [9.17, 15) is 18.7 Å². The highest BCUT2D eigenvalue weighted by Crippen LogP contribution is 2.29. The van der Waals surface area contributed by atoms with E-state index in [-0.39, 0.29) is 6.10 Å². The number of hydrogen-bond acceptors (Lipinski definition) is 3. The normalized spacial score (nSPS) is 15.8. The molecule has 132 valence electrons. The van der Waals surface area contributed by atoms with E-state index in [4.69, 9.17) is 4.74 Å². The maximum absolute atomic E-state index is 13.7. The molecule has 1 saturated carbocycles. The average molecular weight is 347 g/mol. The molecule has 1 aliphatic carbocycles. The van der Waals surface area contributed by atoms with E-state index in [1.807, 2.05) is 0 Å². The van der Waals surface area contributed by atoms with Crippen molar-refractivity contribution in [2.45, 2.75) is 38.0 Å². The molecule has 2 N–H and O–H groups in total. The number of amides is 1. The molecule has 1 unspecified atom stereocenters. The maximum Gasteiger partial charge on any atom is 0.259 e. The van der Waals surface area contributed by atoms with E-state index in [0.29, 0.717) is 11.3 Å². The molecule has 25 heavy (non-hydrogen) atoms. The summed E-state index contributed by atoms with van der Waals surface area (Å²) in [6.07, 6.45) is 2.71. The molecule has 1 atom stereocenters. The van der Waals surface area contributed by atoms with E-state index in [1.165, 1.54) is 6.07 Å². The topological polar surface area (TPSA) is 58.6 Å². The Morgan fingerprint density at radius 1 is 1.08 bits per heavy atom. The molecule has 0 heterocycles. The van der Waals surface area contributed by atoms with Gasteiger partial charge in [-0.3, -0.25) is 4.79 Å². The minimum Gasteiger partial charge on any atom is -0.490 e. The van der Waals surface area contributed by atoms with Crippen molar-refractivity contribution in [3.8, 4) is 5.75 Å². The quantitative estimate of drug-likeness (QED) is 0.811. The first-order chi connectivity index (χ1) is 12.1. The van der Waals surface area contributed by atoms with Gasteiger partial charge < -0.3 is 15.2 Å². The zero-order valence-corrected chi connectivity index (χ0v) is 13.5. The zero-order chi connectivity index (χ0) is 17.8. The Bertz CT molecular complexity index is 740. The number of halogens is 2. The third-order valence-corrected chi connectivity index (χ3v) is 4.27.